The summed E-state index contributed by atoms with van der Waals surface area (Å²) in [5.41, 5.74) is 6.17. The van der Waals surface area contributed by atoms with Crippen molar-refractivity contribution in [2.24, 2.45) is 11.7 Å². The molecule has 5 atom stereocenters. The average molecular weight is 453 g/mol. The molecule has 11 nitrogen and oxygen atoms in total. The number of carboxylic acid groups (broad SMARTS) is 1. The largest absolute Gasteiger partial charge is 0.508 e. The summed E-state index contributed by atoms with van der Waals surface area (Å²) in [6.07, 6.45) is 0.514. The van der Waals surface area contributed by atoms with E-state index < -0.39 is 54.5 Å². The second-order valence-electron chi connectivity index (χ2n) is 7.67. The second-order valence-corrected chi connectivity index (χ2v) is 7.67. The third-order valence-electron chi connectivity index (χ3n) is 5.02. The number of carbonyl (C=O) groups is 4. The standard InChI is InChI=1S/C21H32N4O7/c1-4-11(2)17(21(31)32)25-20(30)16(10-26)24-19(29)15(23-18(28)12(3)22)9-13-5-7-14(27)8-6-13/h5-8,11-12,15-17,26-27H,4,9-10,22H2,1-3H3,(H,23,28)(H,24,29)(H,25,30)(H,31,32). The molecule has 0 aliphatic heterocycles. The Morgan fingerprint density at radius 1 is 0.938 bits per heavy atom. The Kier molecular flexibility index (Phi) is 10.6. The number of rotatable bonds is 12. The molecule has 3 amide bonds. The van der Waals surface area contributed by atoms with Gasteiger partial charge < -0.3 is 37.0 Å². The summed E-state index contributed by atoms with van der Waals surface area (Å²) < 4.78 is 0. The van der Waals surface area contributed by atoms with E-state index in [0.717, 1.165) is 0 Å². The zero-order valence-electron chi connectivity index (χ0n) is 18.4. The molecule has 32 heavy (non-hydrogen) atoms. The van der Waals surface area contributed by atoms with E-state index in [0.29, 0.717) is 12.0 Å². The maximum Gasteiger partial charge on any atom is 0.326 e. The minimum Gasteiger partial charge on any atom is -0.508 e. The number of nitrogens with two attached hydrogens (primary N) is 1. The highest BCUT2D eigenvalue weighted by Gasteiger charge is 2.31. The monoisotopic (exact) mass is 452 g/mol. The van der Waals surface area contributed by atoms with Crippen molar-refractivity contribution in [3.8, 4) is 5.75 Å². The minimum atomic E-state index is -1.43. The summed E-state index contributed by atoms with van der Waals surface area (Å²) in [5, 5.41) is 35.5. The van der Waals surface area contributed by atoms with E-state index in [2.05, 4.69) is 16.0 Å². The molecule has 0 aromatic heterocycles. The van der Waals surface area contributed by atoms with Crippen LogP contribution in [0.15, 0.2) is 24.3 Å². The van der Waals surface area contributed by atoms with E-state index in [1.807, 2.05) is 0 Å². The number of aliphatic hydroxyl groups is 1. The molecule has 0 spiro atoms. The van der Waals surface area contributed by atoms with Gasteiger partial charge in [0.15, 0.2) is 0 Å². The summed E-state index contributed by atoms with van der Waals surface area (Å²) in [6, 6.07) is 1.32. The molecular weight excluding hydrogens is 420 g/mol. The Morgan fingerprint density at radius 2 is 1.47 bits per heavy atom. The van der Waals surface area contributed by atoms with Crippen molar-refractivity contribution in [2.75, 3.05) is 6.61 Å². The number of amides is 3. The van der Waals surface area contributed by atoms with Gasteiger partial charge in [0.05, 0.1) is 12.6 Å². The van der Waals surface area contributed by atoms with Crippen LogP contribution in [0.5, 0.6) is 5.75 Å². The molecule has 0 aliphatic rings. The Balaban J connectivity index is 2.98. The first-order valence-electron chi connectivity index (χ1n) is 10.3. The van der Waals surface area contributed by atoms with Crippen molar-refractivity contribution < 1.29 is 34.5 Å². The lowest BCUT2D eigenvalue weighted by atomic mass is 9.99. The van der Waals surface area contributed by atoms with Gasteiger partial charge in [-0.05, 0) is 30.5 Å². The number of phenolic OH excluding ortho intramolecular Hbond substituents is 1. The van der Waals surface area contributed by atoms with Crippen molar-refractivity contribution in [2.45, 2.75) is 57.8 Å². The number of hydrogen-bond donors (Lipinski definition) is 7. The van der Waals surface area contributed by atoms with Gasteiger partial charge in [-0.2, -0.15) is 0 Å². The lowest BCUT2D eigenvalue weighted by Gasteiger charge is -2.25. The van der Waals surface area contributed by atoms with Crippen molar-refractivity contribution in [1.82, 2.24) is 16.0 Å². The number of benzene rings is 1. The van der Waals surface area contributed by atoms with E-state index in [1.165, 1.54) is 19.1 Å². The maximum atomic E-state index is 12.8. The second kappa shape index (κ2) is 12.6. The maximum absolute atomic E-state index is 12.8. The summed E-state index contributed by atoms with van der Waals surface area (Å²) in [6.45, 7) is 4.09. The molecule has 8 N–H and O–H groups in total. The Morgan fingerprint density at radius 3 is 1.94 bits per heavy atom. The molecular formula is C21H32N4O7. The van der Waals surface area contributed by atoms with Crippen LogP contribution in [0, 0.1) is 5.92 Å². The number of carboxylic acids is 1. The molecule has 0 fully saturated rings. The van der Waals surface area contributed by atoms with Gasteiger partial charge in [0.2, 0.25) is 17.7 Å². The first kappa shape index (κ1) is 26.9. The fourth-order valence-electron chi connectivity index (χ4n) is 2.78. The quantitative estimate of drug-likeness (QED) is 0.207. The lowest BCUT2D eigenvalue weighted by molar-refractivity contribution is -0.144. The van der Waals surface area contributed by atoms with Crippen LogP contribution in [0.1, 0.15) is 32.8 Å². The lowest BCUT2D eigenvalue weighted by Crippen LogP contribution is -2.59. The molecule has 0 saturated carbocycles. The van der Waals surface area contributed by atoms with Crippen molar-refractivity contribution >= 4 is 23.7 Å². The van der Waals surface area contributed by atoms with E-state index in [4.69, 9.17) is 5.73 Å². The van der Waals surface area contributed by atoms with Gasteiger partial charge in [-0.25, -0.2) is 4.79 Å². The molecule has 11 heteroatoms. The number of hydrogen-bond acceptors (Lipinski definition) is 7. The van der Waals surface area contributed by atoms with E-state index in [9.17, 15) is 34.5 Å². The van der Waals surface area contributed by atoms with Crippen LogP contribution < -0.4 is 21.7 Å². The third kappa shape index (κ3) is 8.16. The fraction of sp³-hybridized carbons (Fsp3) is 0.524. The molecule has 5 unspecified atom stereocenters. The van der Waals surface area contributed by atoms with Gasteiger partial charge >= 0.3 is 5.97 Å². The smallest absolute Gasteiger partial charge is 0.326 e. The van der Waals surface area contributed by atoms with E-state index >= 15 is 0 Å². The zero-order valence-corrected chi connectivity index (χ0v) is 18.4. The molecule has 0 heterocycles. The van der Waals surface area contributed by atoms with Crippen LogP contribution in [-0.2, 0) is 25.6 Å². The molecule has 0 saturated heterocycles. The summed E-state index contributed by atoms with van der Waals surface area (Å²) in [7, 11) is 0. The van der Waals surface area contributed by atoms with Crippen molar-refractivity contribution in [3.63, 3.8) is 0 Å². The molecule has 1 rings (SSSR count). The van der Waals surface area contributed by atoms with Crippen LogP contribution in [-0.4, -0.2) is 69.8 Å². The molecule has 1 aromatic carbocycles. The van der Waals surface area contributed by atoms with E-state index in [1.54, 1.807) is 26.0 Å². The highest BCUT2D eigenvalue weighted by molar-refractivity contribution is 5.94. The average Bonchev–Trinajstić information content (AvgIpc) is 2.75. The predicted molar refractivity (Wildman–Crippen MR) is 115 cm³/mol. The molecule has 0 radical (unpaired) electrons. The minimum absolute atomic E-state index is 0.0228. The number of carbonyl (C=O) groups excluding carboxylic acids is 3. The normalized spacial score (nSPS) is 15.5. The van der Waals surface area contributed by atoms with Crippen LogP contribution in [0.25, 0.3) is 0 Å². The first-order chi connectivity index (χ1) is 15.0. The van der Waals surface area contributed by atoms with Gasteiger partial charge in [0.25, 0.3) is 0 Å². The Labute approximate surface area is 186 Å². The molecule has 0 bridgehead atoms. The highest BCUT2D eigenvalue weighted by atomic mass is 16.4. The third-order valence-corrected chi connectivity index (χ3v) is 5.02. The zero-order chi connectivity index (χ0) is 24.4. The summed E-state index contributed by atoms with van der Waals surface area (Å²) >= 11 is 0. The van der Waals surface area contributed by atoms with Gasteiger partial charge in [0, 0.05) is 6.42 Å². The first-order valence-corrected chi connectivity index (χ1v) is 10.3. The van der Waals surface area contributed by atoms with E-state index in [-0.39, 0.29) is 18.1 Å². The van der Waals surface area contributed by atoms with Crippen molar-refractivity contribution in [1.29, 1.82) is 0 Å². The Hall–Kier alpha value is -3.18. The van der Waals surface area contributed by atoms with Crippen LogP contribution in [0.4, 0.5) is 0 Å². The van der Waals surface area contributed by atoms with Gasteiger partial charge in [-0.3, -0.25) is 14.4 Å². The number of phenols is 1. The molecule has 178 valence electrons. The summed E-state index contributed by atoms with van der Waals surface area (Å²) in [4.78, 5) is 48.9. The van der Waals surface area contributed by atoms with Crippen molar-refractivity contribution in [3.05, 3.63) is 29.8 Å². The van der Waals surface area contributed by atoms with Gasteiger partial charge in [-0.1, -0.05) is 32.4 Å². The van der Waals surface area contributed by atoms with Gasteiger partial charge in [-0.15, -0.1) is 0 Å². The highest BCUT2D eigenvalue weighted by Crippen LogP contribution is 2.12. The number of aromatic hydroxyl groups is 1. The summed E-state index contributed by atoms with van der Waals surface area (Å²) in [5.74, 6) is -3.81. The van der Waals surface area contributed by atoms with Crippen LogP contribution >= 0.6 is 0 Å². The van der Waals surface area contributed by atoms with Gasteiger partial charge in [0.1, 0.15) is 23.9 Å². The molecule has 0 aliphatic carbocycles. The predicted octanol–water partition coefficient (Wildman–Crippen LogP) is -1.14. The topological polar surface area (TPSA) is 191 Å². The Bertz CT molecular complexity index is 798. The van der Waals surface area contributed by atoms with Crippen LogP contribution in [0.3, 0.4) is 0 Å². The number of aliphatic carboxylic acids is 1. The molecule has 1 aromatic rings. The SMILES string of the molecule is CCC(C)C(NC(=O)C(CO)NC(=O)C(Cc1ccc(O)cc1)NC(=O)C(C)N)C(=O)O. The van der Waals surface area contributed by atoms with Crippen LogP contribution in [0.2, 0.25) is 0 Å². The number of aliphatic hydroxyl groups excluding tert-OH is 1. The number of nitrogens with one attached hydrogen (secondary N) is 3. The fourth-order valence-corrected chi connectivity index (χ4v) is 2.78.